The molecule has 2 N–H and O–H groups in total. The molecule has 1 amide bonds. The summed E-state index contributed by atoms with van der Waals surface area (Å²) in [7, 11) is 0. The molecule has 0 saturated carbocycles. The molecule has 21 heavy (non-hydrogen) atoms. The molecule has 1 heterocycles. The van der Waals surface area contributed by atoms with Gasteiger partial charge in [0.25, 0.3) is 5.91 Å². The van der Waals surface area contributed by atoms with E-state index in [1.165, 1.54) is 0 Å². The van der Waals surface area contributed by atoms with E-state index in [0.29, 0.717) is 11.6 Å². The quantitative estimate of drug-likeness (QED) is 0.902. The zero-order valence-corrected chi connectivity index (χ0v) is 12.3. The Hall–Kier alpha value is -2.20. The Bertz CT molecular complexity index is 670. The number of anilines is 2. The molecule has 1 atom stereocenters. The van der Waals surface area contributed by atoms with Gasteiger partial charge in [0.15, 0.2) is 0 Å². The van der Waals surface area contributed by atoms with Gasteiger partial charge in [-0.25, -0.2) is 0 Å². The largest absolute Gasteiger partial charge is 0.494 e. The molecule has 0 spiro atoms. The van der Waals surface area contributed by atoms with Gasteiger partial charge in [-0.05, 0) is 49.4 Å². The molecule has 4 nitrogen and oxygen atoms in total. The SMILES string of the molecule is CCOc1ccc(NC2C(=O)Nc3ccc(Cl)cc32)cc1. The van der Waals surface area contributed by atoms with Gasteiger partial charge in [0, 0.05) is 22.0 Å². The Kier molecular flexibility index (Phi) is 3.71. The Morgan fingerprint density at radius 3 is 2.71 bits per heavy atom. The third-order valence-electron chi connectivity index (χ3n) is 3.32. The third-order valence-corrected chi connectivity index (χ3v) is 3.56. The molecule has 0 saturated heterocycles. The minimum absolute atomic E-state index is 0.0823. The van der Waals surface area contributed by atoms with Gasteiger partial charge < -0.3 is 15.4 Å². The molecule has 0 fully saturated rings. The summed E-state index contributed by atoms with van der Waals surface area (Å²) in [5, 5.41) is 6.67. The number of nitrogens with one attached hydrogen (secondary N) is 2. The van der Waals surface area contributed by atoms with Crippen LogP contribution in [0.25, 0.3) is 0 Å². The number of rotatable bonds is 4. The van der Waals surface area contributed by atoms with Crippen LogP contribution in [0, 0.1) is 0 Å². The zero-order valence-electron chi connectivity index (χ0n) is 11.5. The Morgan fingerprint density at radius 2 is 2.00 bits per heavy atom. The average molecular weight is 303 g/mol. The molecular formula is C16H15ClN2O2. The average Bonchev–Trinajstić information content (AvgIpc) is 2.77. The molecule has 0 aliphatic carbocycles. The maximum Gasteiger partial charge on any atom is 0.251 e. The number of ether oxygens (including phenoxy) is 1. The van der Waals surface area contributed by atoms with Gasteiger partial charge in [-0.2, -0.15) is 0 Å². The fourth-order valence-electron chi connectivity index (χ4n) is 2.36. The molecule has 1 aliphatic heterocycles. The van der Waals surface area contributed by atoms with E-state index in [-0.39, 0.29) is 5.91 Å². The third kappa shape index (κ3) is 2.81. The van der Waals surface area contributed by atoms with E-state index >= 15 is 0 Å². The lowest BCUT2D eigenvalue weighted by molar-refractivity contribution is -0.116. The summed E-state index contributed by atoms with van der Waals surface area (Å²) in [6, 6.07) is 12.5. The van der Waals surface area contributed by atoms with Gasteiger partial charge >= 0.3 is 0 Å². The van der Waals surface area contributed by atoms with Gasteiger partial charge in [-0.15, -0.1) is 0 Å². The van der Waals surface area contributed by atoms with Crippen molar-refractivity contribution >= 4 is 28.9 Å². The lowest BCUT2D eigenvalue weighted by Crippen LogP contribution is -2.19. The van der Waals surface area contributed by atoms with E-state index in [2.05, 4.69) is 10.6 Å². The molecule has 0 aromatic heterocycles. The van der Waals surface area contributed by atoms with Crippen molar-refractivity contribution in [2.24, 2.45) is 0 Å². The molecule has 1 unspecified atom stereocenters. The number of fused-ring (bicyclic) bond motifs is 1. The fraction of sp³-hybridized carbons (Fsp3) is 0.188. The summed E-state index contributed by atoms with van der Waals surface area (Å²) >= 11 is 6.01. The fourth-order valence-corrected chi connectivity index (χ4v) is 2.54. The van der Waals surface area contributed by atoms with E-state index in [1.807, 2.05) is 37.3 Å². The first kappa shape index (κ1) is 13.8. The molecule has 2 aromatic rings. The molecule has 5 heteroatoms. The Morgan fingerprint density at radius 1 is 1.24 bits per heavy atom. The lowest BCUT2D eigenvalue weighted by Gasteiger charge is -2.13. The molecule has 0 bridgehead atoms. The number of benzene rings is 2. The first-order chi connectivity index (χ1) is 10.2. The standard InChI is InChI=1S/C16H15ClN2O2/c1-2-21-12-6-4-11(5-7-12)18-15-13-9-10(17)3-8-14(13)19-16(15)20/h3-9,15,18H,2H2,1H3,(H,19,20). The summed E-state index contributed by atoms with van der Waals surface area (Å²) in [5.74, 6) is 0.725. The zero-order chi connectivity index (χ0) is 14.8. The smallest absolute Gasteiger partial charge is 0.251 e. The first-order valence-electron chi connectivity index (χ1n) is 6.77. The highest BCUT2D eigenvalue weighted by Gasteiger charge is 2.30. The predicted octanol–water partition coefficient (Wildman–Crippen LogP) is 3.84. The van der Waals surface area contributed by atoms with Gasteiger partial charge in [0.05, 0.1) is 6.61 Å². The molecular weight excluding hydrogens is 288 g/mol. The minimum atomic E-state index is -0.434. The van der Waals surface area contributed by atoms with Crippen LogP contribution >= 0.6 is 11.6 Å². The Balaban J connectivity index is 1.82. The number of halogens is 1. The van der Waals surface area contributed by atoms with Crippen LogP contribution in [0.5, 0.6) is 5.75 Å². The summed E-state index contributed by atoms with van der Waals surface area (Å²) in [6.07, 6.45) is 0. The monoisotopic (exact) mass is 302 g/mol. The van der Waals surface area contributed by atoms with Gasteiger partial charge in [0.2, 0.25) is 0 Å². The van der Waals surface area contributed by atoms with Gasteiger partial charge in [-0.3, -0.25) is 4.79 Å². The van der Waals surface area contributed by atoms with E-state index in [1.54, 1.807) is 12.1 Å². The van der Waals surface area contributed by atoms with Crippen molar-refractivity contribution in [1.29, 1.82) is 0 Å². The normalized spacial score (nSPS) is 16.3. The lowest BCUT2D eigenvalue weighted by atomic mass is 10.1. The van der Waals surface area contributed by atoms with Crippen molar-refractivity contribution in [2.75, 3.05) is 17.2 Å². The summed E-state index contributed by atoms with van der Waals surface area (Å²) in [5.41, 5.74) is 2.51. The van der Waals surface area contributed by atoms with Crippen LogP contribution in [0.4, 0.5) is 11.4 Å². The van der Waals surface area contributed by atoms with Crippen LogP contribution in [0.15, 0.2) is 42.5 Å². The van der Waals surface area contributed by atoms with Crippen LogP contribution in [0.2, 0.25) is 5.02 Å². The van der Waals surface area contributed by atoms with Crippen LogP contribution in [-0.4, -0.2) is 12.5 Å². The minimum Gasteiger partial charge on any atom is -0.494 e. The van der Waals surface area contributed by atoms with Crippen molar-refractivity contribution < 1.29 is 9.53 Å². The van der Waals surface area contributed by atoms with Crippen LogP contribution < -0.4 is 15.4 Å². The van der Waals surface area contributed by atoms with Crippen LogP contribution in [-0.2, 0) is 4.79 Å². The second-order valence-electron chi connectivity index (χ2n) is 4.76. The highest BCUT2D eigenvalue weighted by molar-refractivity contribution is 6.31. The predicted molar refractivity (Wildman–Crippen MR) is 84.1 cm³/mol. The summed E-state index contributed by atoms with van der Waals surface area (Å²) in [6.45, 7) is 2.57. The molecule has 1 aliphatic rings. The van der Waals surface area contributed by atoms with Crippen molar-refractivity contribution in [3.63, 3.8) is 0 Å². The molecule has 0 radical (unpaired) electrons. The highest BCUT2D eigenvalue weighted by Crippen LogP contribution is 2.35. The topological polar surface area (TPSA) is 50.4 Å². The van der Waals surface area contributed by atoms with Crippen molar-refractivity contribution in [3.8, 4) is 5.75 Å². The molecule has 2 aromatic carbocycles. The van der Waals surface area contributed by atoms with Crippen molar-refractivity contribution in [1.82, 2.24) is 0 Å². The highest BCUT2D eigenvalue weighted by atomic mass is 35.5. The maximum atomic E-state index is 12.1. The second kappa shape index (κ2) is 5.66. The van der Waals surface area contributed by atoms with Gasteiger partial charge in [0.1, 0.15) is 11.8 Å². The number of hydrogen-bond acceptors (Lipinski definition) is 3. The van der Waals surface area contributed by atoms with E-state index in [0.717, 1.165) is 22.7 Å². The van der Waals surface area contributed by atoms with Crippen molar-refractivity contribution in [2.45, 2.75) is 13.0 Å². The Labute approximate surface area is 128 Å². The second-order valence-corrected chi connectivity index (χ2v) is 5.19. The maximum absolute atomic E-state index is 12.1. The van der Waals surface area contributed by atoms with E-state index in [9.17, 15) is 4.79 Å². The molecule has 3 rings (SSSR count). The van der Waals surface area contributed by atoms with Crippen LogP contribution in [0.3, 0.4) is 0 Å². The van der Waals surface area contributed by atoms with Crippen molar-refractivity contribution in [3.05, 3.63) is 53.1 Å². The number of carbonyl (C=O) groups excluding carboxylic acids is 1. The number of hydrogen-bond donors (Lipinski definition) is 2. The summed E-state index contributed by atoms with van der Waals surface area (Å²) < 4.78 is 5.40. The van der Waals surface area contributed by atoms with E-state index < -0.39 is 6.04 Å². The van der Waals surface area contributed by atoms with Gasteiger partial charge in [-0.1, -0.05) is 11.6 Å². The number of carbonyl (C=O) groups is 1. The van der Waals surface area contributed by atoms with E-state index in [4.69, 9.17) is 16.3 Å². The number of amides is 1. The first-order valence-corrected chi connectivity index (χ1v) is 7.15. The summed E-state index contributed by atoms with van der Waals surface area (Å²) in [4.78, 5) is 12.1. The van der Waals surface area contributed by atoms with Crippen LogP contribution in [0.1, 0.15) is 18.5 Å². The molecule has 108 valence electrons.